The van der Waals surface area contributed by atoms with Crippen LogP contribution in [0.2, 0.25) is 0 Å². The Balaban J connectivity index is 1.40. The van der Waals surface area contributed by atoms with Crippen LogP contribution in [-0.2, 0) is 10.0 Å². The van der Waals surface area contributed by atoms with Gasteiger partial charge < -0.3 is 14.8 Å². The Morgan fingerprint density at radius 1 is 0.757 bits per heavy atom. The van der Waals surface area contributed by atoms with Gasteiger partial charge in [-0.1, -0.05) is 48.5 Å². The predicted octanol–water partition coefficient (Wildman–Crippen LogP) is 5.61. The number of ether oxygens (including phenoxy) is 2. The molecular formula is C29H28N2O5S. The molecule has 0 saturated heterocycles. The Labute approximate surface area is 217 Å². The van der Waals surface area contributed by atoms with Gasteiger partial charge in [-0.3, -0.25) is 9.10 Å². The van der Waals surface area contributed by atoms with Crippen molar-refractivity contribution < 1.29 is 22.7 Å². The van der Waals surface area contributed by atoms with E-state index < -0.39 is 10.0 Å². The Kier molecular flexibility index (Phi) is 8.43. The van der Waals surface area contributed by atoms with Crippen LogP contribution in [0.15, 0.2) is 114 Å². The summed E-state index contributed by atoms with van der Waals surface area (Å²) >= 11 is 0. The van der Waals surface area contributed by atoms with Crippen molar-refractivity contribution in [1.29, 1.82) is 0 Å². The van der Waals surface area contributed by atoms with Gasteiger partial charge in [0.05, 0.1) is 16.1 Å². The molecule has 4 aromatic rings. The second-order valence-corrected chi connectivity index (χ2v) is 9.85. The fraction of sp³-hybridized carbons (Fsp3) is 0.138. The summed E-state index contributed by atoms with van der Waals surface area (Å²) in [5.41, 5.74) is 1.42. The fourth-order valence-electron chi connectivity index (χ4n) is 3.73. The molecule has 190 valence electrons. The van der Waals surface area contributed by atoms with Gasteiger partial charge in [0.25, 0.3) is 15.9 Å². The van der Waals surface area contributed by atoms with Crippen LogP contribution in [0.4, 0.5) is 11.4 Å². The van der Waals surface area contributed by atoms with E-state index in [0.717, 1.165) is 5.75 Å². The van der Waals surface area contributed by atoms with E-state index in [4.69, 9.17) is 9.47 Å². The molecule has 0 radical (unpaired) electrons. The maximum absolute atomic E-state index is 13.2. The highest BCUT2D eigenvalue weighted by Crippen LogP contribution is 2.25. The number of nitrogens with zero attached hydrogens (tertiary/aromatic N) is 1. The van der Waals surface area contributed by atoms with Crippen molar-refractivity contribution in [1.82, 2.24) is 0 Å². The van der Waals surface area contributed by atoms with E-state index in [2.05, 4.69) is 5.32 Å². The Bertz CT molecular complexity index is 1410. The topological polar surface area (TPSA) is 84.9 Å². The molecule has 1 N–H and O–H groups in total. The highest BCUT2D eigenvalue weighted by molar-refractivity contribution is 7.92. The van der Waals surface area contributed by atoms with Crippen LogP contribution in [0.5, 0.6) is 11.5 Å². The van der Waals surface area contributed by atoms with Crippen molar-refractivity contribution in [3.05, 3.63) is 115 Å². The SMILES string of the molecule is CCN(c1ccccc1)S(=O)(=O)c1ccc(NC(=O)c2ccccc2OCCOc2ccccc2)cc1. The minimum atomic E-state index is -3.75. The smallest absolute Gasteiger partial charge is 0.264 e. The number of sulfonamides is 1. The number of para-hydroxylation sites is 3. The molecule has 4 rings (SSSR count). The molecule has 0 spiro atoms. The molecule has 0 unspecified atom stereocenters. The van der Waals surface area contributed by atoms with Crippen molar-refractivity contribution in [2.24, 2.45) is 0 Å². The first-order valence-electron chi connectivity index (χ1n) is 11.9. The molecule has 0 bridgehead atoms. The molecule has 0 aromatic heterocycles. The third kappa shape index (κ3) is 6.48. The van der Waals surface area contributed by atoms with Gasteiger partial charge in [0.2, 0.25) is 0 Å². The average Bonchev–Trinajstić information content (AvgIpc) is 2.93. The van der Waals surface area contributed by atoms with Crippen molar-refractivity contribution >= 4 is 27.3 Å². The Hall–Kier alpha value is -4.30. The third-order valence-electron chi connectivity index (χ3n) is 5.52. The molecule has 8 heteroatoms. The highest BCUT2D eigenvalue weighted by atomic mass is 32.2. The van der Waals surface area contributed by atoms with Crippen LogP contribution < -0.4 is 19.1 Å². The van der Waals surface area contributed by atoms with Gasteiger partial charge in [-0.05, 0) is 67.6 Å². The lowest BCUT2D eigenvalue weighted by atomic mass is 10.2. The summed E-state index contributed by atoms with van der Waals surface area (Å²) in [5, 5.41) is 2.81. The number of hydrogen-bond donors (Lipinski definition) is 1. The van der Waals surface area contributed by atoms with E-state index in [-0.39, 0.29) is 24.0 Å². The normalized spacial score (nSPS) is 10.9. The molecule has 0 aliphatic carbocycles. The minimum Gasteiger partial charge on any atom is -0.490 e. The van der Waals surface area contributed by atoms with Gasteiger partial charge in [0, 0.05) is 12.2 Å². The molecule has 0 atom stereocenters. The number of amides is 1. The molecule has 4 aromatic carbocycles. The number of carbonyl (C=O) groups excluding carboxylic acids is 1. The van der Waals surface area contributed by atoms with Crippen molar-refractivity contribution in [2.75, 3.05) is 29.4 Å². The van der Waals surface area contributed by atoms with E-state index in [1.807, 2.05) is 36.4 Å². The summed E-state index contributed by atoms with van der Waals surface area (Å²) in [6.07, 6.45) is 0. The zero-order chi connectivity index (χ0) is 26.1. The number of hydrogen-bond acceptors (Lipinski definition) is 5. The fourth-order valence-corrected chi connectivity index (χ4v) is 5.20. The number of benzene rings is 4. The summed E-state index contributed by atoms with van der Waals surface area (Å²) in [6.45, 7) is 2.67. The number of anilines is 2. The van der Waals surface area contributed by atoms with Crippen LogP contribution in [0.3, 0.4) is 0 Å². The summed E-state index contributed by atoms with van der Waals surface area (Å²) < 4.78 is 39.2. The van der Waals surface area contributed by atoms with Crippen LogP contribution in [0.1, 0.15) is 17.3 Å². The molecule has 0 aliphatic rings. The lowest BCUT2D eigenvalue weighted by molar-refractivity contribution is 0.102. The lowest BCUT2D eigenvalue weighted by Gasteiger charge is -2.23. The summed E-state index contributed by atoms with van der Waals surface area (Å²) in [4.78, 5) is 13.1. The zero-order valence-electron chi connectivity index (χ0n) is 20.4. The van der Waals surface area contributed by atoms with Gasteiger partial charge in [-0.25, -0.2) is 8.42 Å². The summed E-state index contributed by atoms with van der Waals surface area (Å²) in [5.74, 6) is 0.806. The number of rotatable bonds is 11. The standard InChI is InChI=1S/C29H28N2O5S/c1-2-31(24-11-5-3-6-12-24)37(33,34)26-19-17-23(18-20-26)30-29(32)27-15-9-10-16-28(27)36-22-21-35-25-13-7-4-8-14-25/h3-20H,2,21-22H2,1H3,(H,30,32). The molecule has 37 heavy (non-hydrogen) atoms. The predicted molar refractivity (Wildman–Crippen MR) is 145 cm³/mol. The summed E-state index contributed by atoms with van der Waals surface area (Å²) in [6, 6.07) is 31.4. The monoisotopic (exact) mass is 516 g/mol. The van der Waals surface area contributed by atoms with Crippen LogP contribution in [-0.4, -0.2) is 34.1 Å². The molecule has 0 aliphatic heterocycles. The maximum Gasteiger partial charge on any atom is 0.264 e. The van der Waals surface area contributed by atoms with Crippen LogP contribution in [0, 0.1) is 0 Å². The molecule has 0 heterocycles. The second-order valence-electron chi connectivity index (χ2n) is 7.99. The van der Waals surface area contributed by atoms with E-state index in [1.54, 1.807) is 67.6 Å². The maximum atomic E-state index is 13.2. The Morgan fingerprint density at radius 3 is 2.03 bits per heavy atom. The Morgan fingerprint density at radius 2 is 1.35 bits per heavy atom. The summed E-state index contributed by atoms with van der Waals surface area (Å²) in [7, 11) is -3.75. The van der Waals surface area contributed by atoms with Gasteiger partial charge in [-0.15, -0.1) is 0 Å². The van der Waals surface area contributed by atoms with Crippen molar-refractivity contribution in [3.63, 3.8) is 0 Å². The van der Waals surface area contributed by atoms with Crippen LogP contribution >= 0.6 is 0 Å². The first kappa shape index (κ1) is 25.8. The van der Waals surface area contributed by atoms with E-state index in [1.165, 1.54) is 16.4 Å². The van der Waals surface area contributed by atoms with Gasteiger partial charge in [0.15, 0.2) is 0 Å². The quantitative estimate of drug-likeness (QED) is 0.262. The lowest BCUT2D eigenvalue weighted by Crippen LogP contribution is -2.30. The average molecular weight is 517 g/mol. The first-order valence-corrected chi connectivity index (χ1v) is 13.3. The van der Waals surface area contributed by atoms with Gasteiger partial charge in [0.1, 0.15) is 24.7 Å². The van der Waals surface area contributed by atoms with Crippen LogP contribution in [0.25, 0.3) is 0 Å². The molecular weight excluding hydrogens is 488 g/mol. The first-order chi connectivity index (χ1) is 18.0. The van der Waals surface area contributed by atoms with Crippen molar-refractivity contribution in [2.45, 2.75) is 11.8 Å². The molecule has 7 nitrogen and oxygen atoms in total. The van der Waals surface area contributed by atoms with E-state index in [9.17, 15) is 13.2 Å². The highest BCUT2D eigenvalue weighted by Gasteiger charge is 2.23. The molecule has 0 saturated carbocycles. The molecule has 1 amide bonds. The second kappa shape index (κ2) is 12.1. The minimum absolute atomic E-state index is 0.137. The van der Waals surface area contributed by atoms with Crippen molar-refractivity contribution in [3.8, 4) is 11.5 Å². The largest absolute Gasteiger partial charge is 0.490 e. The van der Waals surface area contributed by atoms with Gasteiger partial charge >= 0.3 is 0 Å². The number of carbonyl (C=O) groups is 1. The molecule has 0 fully saturated rings. The number of nitrogens with one attached hydrogen (secondary N) is 1. The third-order valence-corrected chi connectivity index (χ3v) is 7.43. The van der Waals surface area contributed by atoms with E-state index >= 15 is 0 Å². The zero-order valence-corrected chi connectivity index (χ0v) is 21.2. The van der Waals surface area contributed by atoms with Gasteiger partial charge in [-0.2, -0.15) is 0 Å². The van der Waals surface area contributed by atoms with E-state index in [0.29, 0.717) is 29.3 Å².